The van der Waals surface area contributed by atoms with Crippen molar-refractivity contribution in [3.05, 3.63) is 53.7 Å². The lowest BCUT2D eigenvalue weighted by Gasteiger charge is -2.32. The van der Waals surface area contributed by atoms with Gasteiger partial charge in [0.1, 0.15) is 5.75 Å². The van der Waals surface area contributed by atoms with E-state index in [2.05, 4.69) is 20.5 Å². The van der Waals surface area contributed by atoms with Crippen molar-refractivity contribution >= 4 is 40.0 Å². The minimum Gasteiger partial charge on any atom is -0.453 e. The number of thioether (sulfide) groups is 1. The number of carbonyl (C=O) groups is 1. The van der Waals surface area contributed by atoms with Crippen molar-refractivity contribution in [3.8, 4) is 11.5 Å². The summed E-state index contributed by atoms with van der Waals surface area (Å²) in [6.45, 7) is 5.64. The Kier molecular flexibility index (Phi) is 7.85. The largest absolute Gasteiger partial charge is 0.453 e. The van der Waals surface area contributed by atoms with Gasteiger partial charge in [0.05, 0.1) is 10.9 Å². The van der Waals surface area contributed by atoms with Gasteiger partial charge in [0, 0.05) is 29.6 Å². The Hall–Kier alpha value is -2.62. The van der Waals surface area contributed by atoms with E-state index in [0.717, 1.165) is 73.3 Å². The molecule has 1 atom stereocenters. The molecule has 1 unspecified atom stereocenters. The van der Waals surface area contributed by atoms with Crippen LogP contribution in [0.4, 0.5) is 10.9 Å². The second kappa shape index (κ2) is 11.4. The Balaban J connectivity index is 1.42. The minimum absolute atomic E-state index is 0.109. The molecule has 1 amide bonds. The summed E-state index contributed by atoms with van der Waals surface area (Å²) in [5, 5.41) is 9.39. The van der Waals surface area contributed by atoms with Gasteiger partial charge in [-0.05, 0) is 69.8 Å². The van der Waals surface area contributed by atoms with Crippen LogP contribution in [0, 0.1) is 12.8 Å². The highest BCUT2D eigenvalue weighted by atomic mass is 32.2. The number of pyridine rings is 1. The predicted octanol–water partition coefficient (Wildman–Crippen LogP) is 5.47. The van der Waals surface area contributed by atoms with Crippen molar-refractivity contribution in [2.75, 3.05) is 31.5 Å². The predicted molar refractivity (Wildman–Crippen MR) is 142 cm³/mol. The number of carbonyl (C=O) groups excluding carboxylic acids is 1. The normalized spacial score (nSPS) is 17.3. The molecular formula is C26H31N5O2S2. The smallest absolute Gasteiger partial charge is 0.236 e. The number of aromatic nitrogens is 2. The van der Waals surface area contributed by atoms with Crippen molar-refractivity contribution in [1.82, 2.24) is 20.2 Å². The van der Waals surface area contributed by atoms with Crippen LogP contribution in [0.15, 0.2) is 52.9 Å². The molecule has 4 heterocycles. The van der Waals surface area contributed by atoms with Gasteiger partial charge in [-0.25, -0.2) is 9.97 Å². The van der Waals surface area contributed by atoms with Crippen molar-refractivity contribution < 1.29 is 9.53 Å². The number of benzene rings is 1. The monoisotopic (exact) mass is 509 g/mol. The molecule has 35 heavy (non-hydrogen) atoms. The number of thiazole rings is 1. The van der Waals surface area contributed by atoms with Crippen LogP contribution in [0.2, 0.25) is 0 Å². The lowest BCUT2D eigenvalue weighted by molar-refractivity contribution is -0.130. The second-order valence-corrected chi connectivity index (χ2v) is 11.1. The van der Waals surface area contributed by atoms with Gasteiger partial charge in [-0.2, -0.15) is 0 Å². The average Bonchev–Trinajstić information content (AvgIpc) is 3.57. The number of nitrogens with zero attached hydrogens (tertiary/aromatic N) is 3. The SMILES string of the molecule is Cc1csc(Nc2ncc(SC(C(=O)N3CCCC3)C3CCNCC3)cc2Oc2ccccc2)n1. The van der Waals surface area contributed by atoms with Gasteiger partial charge >= 0.3 is 0 Å². The summed E-state index contributed by atoms with van der Waals surface area (Å²) in [6.07, 6.45) is 6.07. The molecule has 0 spiro atoms. The van der Waals surface area contributed by atoms with E-state index in [0.29, 0.717) is 17.5 Å². The zero-order chi connectivity index (χ0) is 24.0. The van der Waals surface area contributed by atoms with Gasteiger partial charge in [-0.15, -0.1) is 23.1 Å². The summed E-state index contributed by atoms with van der Waals surface area (Å²) in [5.74, 6) is 2.58. The van der Waals surface area contributed by atoms with E-state index in [4.69, 9.17) is 9.72 Å². The van der Waals surface area contributed by atoms with Crippen LogP contribution in [0.25, 0.3) is 0 Å². The quantitative estimate of drug-likeness (QED) is 0.390. The number of ether oxygens (including phenoxy) is 1. The Morgan fingerprint density at radius 3 is 2.71 bits per heavy atom. The minimum atomic E-state index is -0.109. The fourth-order valence-electron chi connectivity index (χ4n) is 4.55. The lowest BCUT2D eigenvalue weighted by Crippen LogP contribution is -2.43. The molecule has 0 bridgehead atoms. The fraction of sp³-hybridized carbons (Fsp3) is 0.423. The van der Waals surface area contributed by atoms with E-state index in [9.17, 15) is 4.79 Å². The molecule has 0 radical (unpaired) electrons. The molecule has 2 aromatic heterocycles. The van der Waals surface area contributed by atoms with E-state index >= 15 is 0 Å². The first-order valence-corrected chi connectivity index (χ1v) is 14.0. The van der Waals surface area contributed by atoms with Crippen LogP contribution >= 0.6 is 23.1 Å². The maximum Gasteiger partial charge on any atom is 0.236 e. The Morgan fingerprint density at radius 1 is 1.23 bits per heavy atom. The Bertz CT molecular complexity index is 1130. The fourth-order valence-corrected chi connectivity index (χ4v) is 6.53. The highest BCUT2D eigenvalue weighted by molar-refractivity contribution is 8.00. The van der Waals surface area contributed by atoms with E-state index in [1.165, 1.54) is 11.3 Å². The summed E-state index contributed by atoms with van der Waals surface area (Å²) in [6, 6.07) is 11.7. The number of nitrogens with one attached hydrogen (secondary N) is 2. The number of anilines is 2. The number of para-hydroxylation sites is 1. The van der Waals surface area contributed by atoms with E-state index < -0.39 is 0 Å². The van der Waals surface area contributed by atoms with E-state index in [1.807, 2.05) is 54.9 Å². The lowest BCUT2D eigenvalue weighted by atomic mass is 9.93. The number of rotatable bonds is 8. The van der Waals surface area contributed by atoms with E-state index in [1.54, 1.807) is 11.8 Å². The number of likely N-dealkylation sites (tertiary alicyclic amines) is 1. The third kappa shape index (κ3) is 6.15. The molecule has 2 aliphatic rings. The van der Waals surface area contributed by atoms with Crippen molar-refractivity contribution in [2.24, 2.45) is 5.92 Å². The standard InChI is InChI=1S/C26H31N5O2S2/c1-18-17-34-26(29-18)30-24-22(33-20-7-3-2-4-8-20)15-21(16-28-24)35-23(19-9-11-27-12-10-19)25(32)31-13-5-6-14-31/h2-4,7-8,15-17,19,23,27H,5-6,9-14H2,1H3,(H,28,29,30). The molecule has 2 saturated heterocycles. The maximum atomic E-state index is 13.5. The number of hydrogen-bond donors (Lipinski definition) is 2. The van der Waals surface area contributed by atoms with Gasteiger partial charge in [0.25, 0.3) is 0 Å². The molecule has 1 aromatic carbocycles. The van der Waals surface area contributed by atoms with E-state index in [-0.39, 0.29) is 11.2 Å². The molecule has 2 N–H and O–H groups in total. The highest BCUT2D eigenvalue weighted by Crippen LogP contribution is 2.39. The summed E-state index contributed by atoms with van der Waals surface area (Å²) in [7, 11) is 0. The zero-order valence-corrected chi connectivity index (χ0v) is 21.5. The van der Waals surface area contributed by atoms with Crippen LogP contribution in [0.3, 0.4) is 0 Å². The third-order valence-corrected chi connectivity index (χ3v) is 8.59. The molecule has 3 aromatic rings. The summed E-state index contributed by atoms with van der Waals surface area (Å²) < 4.78 is 6.25. The van der Waals surface area contributed by atoms with Gasteiger partial charge in [0.2, 0.25) is 5.91 Å². The molecule has 7 nitrogen and oxygen atoms in total. The van der Waals surface area contributed by atoms with Crippen LogP contribution < -0.4 is 15.4 Å². The molecule has 0 saturated carbocycles. The highest BCUT2D eigenvalue weighted by Gasteiger charge is 2.34. The number of aryl methyl sites for hydroxylation is 1. The average molecular weight is 510 g/mol. The molecule has 2 fully saturated rings. The van der Waals surface area contributed by atoms with Crippen LogP contribution in [-0.4, -0.2) is 52.2 Å². The summed E-state index contributed by atoms with van der Waals surface area (Å²) >= 11 is 3.16. The van der Waals surface area contributed by atoms with Gasteiger partial charge in [0.15, 0.2) is 16.7 Å². The number of hydrogen-bond acceptors (Lipinski definition) is 8. The molecular weight excluding hydrogens is 478 g/mol. The van der Waals surface area contributed by atoms with Crippen LogP contribution in [0.1, 0.15) is 31.4 Å². The number of amides is 1. The number of piperidine rings is 1. The Labute approximate surface area is 214 Å². The van der Waals surface area contributed by atoms with Gasteiger partial charge in [-0.3, -0.25) is 4.79 Å². The first-order valence-electron chi connectivity index (χ1n) is 12.2. The van der Waals surface area contributed by atoms with Crippen molar-refractivity contribution in [2.45, 2.75) is 42.8 Å². The summed E-state index contributed by atoms with van der Waals surface area (Å²) in [4.78, 5) is 25.7. The first kappa shape index (κ1) is 24.1. The molecule has 184 valence electrons. The third-order valence-electron chi connectivity index (χ3n) is 6.38. The van der Waals surface area contributed by atoms with Crippen molar-refractivity contribution in [3.63, 3.8) is 0 Å². The maximum absolute atomic E-state index is 13.5. The van der Waals surface area contributed by atoms with Crippen LogP contribution in [-0.2, 0) is 4.79 Å². The van der Waals surface area contributed by atoms with Gasteiger partial charge in [-0.1, -0.05) is 18.2 Å². The molecule has 5 rings (SSSR count). The van der Waals surface area contributed by atoms with Crippen molar-refractivity contribution in [1.29, 1.82) is 0 Å². The molecule has 0 aliphatic carbocycles. The zero-order valence-electron chi connectivity index (χ0n) is 19.9. The van der Waals surface area contributed by atoms with Crippen LogP contribution in [0.5, 0.6) is 11.5 Å². The summed E-state index contributed by atoms with van der Waals surface area (Å²) in [5.41, 5.74) is 0.959. The first-order chi connectivity index (χ1) is 17.2. The molecule has 2 aliphatic heterocycles. The topological polar surface area (TPSA) is 79.4 Å². The Morgan fingerprint density at radius 2 is 2.00 bits per heavy atom. The van der Waals surface area contributed by atoms with Gasteiger partial charge < -0.3 is 20.3 Å². The molecule has 9 heteroatoms. The second-order valence-electron chi connectivity index (χ2n) is 9.01.